The fourth-order valence-corrected chi connectivity index (χ4v) is 1.40. The van der Waals surface area contributed by atoms with Gasteiger partial charge in [0.2, 0.25) is 0 Å². The molecule has 1 aromatic heterocycles. The maximum Gasteiger partial charge on any atom is 0.129 e. The fourth-order valence-electron chi connectivity index (χ4n) is 0.856. The van der Waals surface area contributed by atoms with Gasteiger partial charge in [-0.25, -0.2) is 4.98 Å². The number of aliphatic imine (C=N–C) groups is 1. The Morgan fingerprint density at radius 1 is 1.64 bits per heavy atom. The number of nitrogens with two attached hydrogens (primary N) is 1. The maximum atomic E-state index is 5.83. The van der Waals surface area contributed by atoms with Crippen LogP contribution in [0.5, 0.6) is 0 Å². The van der Waals surface area contributed by atoms with Crippen molar-refractivity contribution < 1.29 is 0 Å². The molecule has 0 radical (unpaired) electrons. The largest absolute Gasteiger partial charge is 0.397 e. The molecule has 0 atom stereocenters. The van der Waals surface area contributed by atoms with Gasteiger partial charge in [0.25, 0.3) is 0 Å². The van der Waals surface area contributed by atoms with Gasteiger partial charge in [0.15, 0.2) is 0 Å². The molecule has 74 valence electrons. The zero-order valence-corrected chi connectivity index (χ0v) is 9.88. The molecule has 0 saturated heterocycles. The molecule has 5 heteroatoms. The van der Waals surface area contributed by atoms with Gasteiger partial charge in [-0.2, -0.15) is 0 Å². The van der Waals surface area contributed by atoms with E-state index in [1.54, 1.807) is 31.6 Å². The lowest BCUT2D eigenvalue weighted by Crippen LogP contribution is -1.99. The van der Waals surface area contributed by atoms with E-state index >= 15 is 0 Å². The predicted octanol–water partition coefficient (Wildman–Crippen LogP) is 2.46. The van der Waals surface area contributed by atoms with Crippen LogP contribution in [-0.2, 0) is 0 Å². The van der Waals surface area contributed by atoms with Crippen LogP contribution < -0.4 is 5.73 Å². The van der Waals surface area contributed by atoms with Crippen molar-refractivity contribution in [2.75, 3.05) is 7.05 Å². The number of pyridine rings is 1. The highest BCUT2D eigenvalue weighted by Gasteiger charge is 2.01. The molecule has 0 bridgehead atoms. The van der Waals surface area contributed by atoms with Crippen molar-refractivity contribution >= 4 is 39.4 Å². The summed E-state index contributed by atoms with van der Waals surface area (Å²) in [5.74, 6) is 0. The van der Waals surface area contributed by atoms with Gasteiger partial charge in [-0.15, -0.1) is 0 Å². The van der Waals surface area contributed by atoms with Crippen LogP contribution in [0.25, 0.3) is 5.70 Å². The Morgan fingerprint density at radius 3 is 2.86 bits per heavy atom. The number of hydrogen-bond acceptors (Lipinski definition) is 3. The summed E-state index contributed by atoms with van der Waals surface area (Å²) in [7, 11) is 1.68. The molecule has 0 spiro atoms. The van der Waals surface area contributed by atoms with Crippen LogP contribution in [0.2, 0.25) is 5.15 Å². The number of allylic oxidation sites excluding steroid dienone is 1. The lowest BCUT2D eigenvalue weighted by atomic mass is 10.2. The number of aromatic nitrogens is 1. The molecule has 0 amide bonds. The van der Waals surface area contributed by atoms with Crippen molar-refractivity contribution in [3.05, 3.63) is 33.5 Å². The van der Waals surface area contributed by atoms with E-state index in [-0.39, 0.29) is 0 Å². The molecule has 2 N–H and O–H groups in total. The van der Waals surface area contributed by atoms with Crippen LogP contribution in [0, 0.1) is 0 Å². The van der Waals surface area contributed by atoms with E-state index in [0.29, 0.717) is 10.9 Å². The summed E-state index contributed by atoms with van der Waals surface area (Å²) in [6, 6.07) is 3.49. The van der Waals surface area contributed by atoms with Crippen molar-refractivity contribution in [2.24, 2.45) is 10.7 Å². The molecule has 1 rings (SSSR count). The minimum Gasteiger partial charge on any atom is -0.397 e. The van der Waals surface area contributed by atoms with Gasteiger partial charge in [-0.05, 0) is 28.1 Å². The minimum atomic E-state index is 0.446. The molecule has 0 saturated carbocycles. The summed E-state index contributed by atoms with van der Waals surface area (Å²) < 4.78 is 0.726. The Kier molecular flexibility index (Phi) is 4.10. The highest BCUT2D eigenvalue weighted by atomic mass is 79.9. The van der Waals surface area contributed by atoms with Gasteiger partial charge in [-0.3, -0.25) is 4.99 Å². The summed E-state index contributed by atoms with van der Waals surface area (Å²) in [5.41, 5.74) is 7.22. The van der Waals surface area contributed by atoms with Gasteiger partial charge >= 0.3 is 0 Å². The molecule has 0 aliphatic heterocycles. The third-order valence-electron chi connectivity index (χ3n) is 1.54. The average Bonchev–Trinajstić information content (AvgIpc) is 2.18. The number of rotatable bonds is 2. The van der Waals surface area contributed by atoms with Gasteiger partial charge in [0.05, 0.1) is 10.2 Å². The van der Waals surface area contributed by atoms with Crippen molar-refractivity contribution in [3.63, 3.8) is 0 Å². The van der Waals surface area contributed by atoms with Gasteiger partial charge < -0.3 is 5.73 Å². The summed E-state index contributed by atoms with van der Waals surface area (Å²) >= 11 is 8.95. The monoisotopic (exact) mass is 273 g/mol. The van der Waals surface area contributed by atoms with E-state index in [1.807, 2.05) is 0 Å². The third kappa shape index (κ3) is 2.82. The Balaban J connectivity index is 3.05. The van der Waals surface area contributed by atoms with E-state index in [4.69, 9.17) is 17.3 Å². The lowest BCUT2D eigenvalue weighted by molar-refractivity contribution is 1.30. The van der Waals surface area contributed by atoms with Gasteiger partial charge in [0.1, 0.15) is 5.15 Å². The smallest absolute Gasteiger partial charge is 0.129 e. The van der Waals surface area contributed by atoms with E-state index in [0.717, 1.165) is 10.0 Å². The molecule has 3 nitrogen and oxygen atoms in total. The molecule has 14 heavy (non-hydrogen) atoms. The first-order valence-corrected chi connectivity index (χ1v) is 5.01. The maximum absolute atomic E-state index is 5.83. The van der Waals surface area contributed by atoms with Crippen LogP contribution in [0.4, 0.5) is 0 Å². The first kappa shape index (κ1) is 11.2. The zero-order valence-electron chi connectivity index (χ0n) is 7.54. The first-order chi connectivity index (χ1) is 6.65. The SMILES string of the molecule is CN=CC(Br)=C(N)c1ccc(Cl)nc1. The van der Waals surface area contributed by atoms with Crippen molar-refractivity contribution in [1.82, 2.24) is 4.98 Å². The molecule has 1 heterocycles. The second-order valence-corrected chi connectivity index (χ2v) is 3.76. The lowest BCUT2D eigenvalue weighted by Gasteiger charge is -2.02. The van der Waals surface area contributed by atoms with Gasteiger partial charge in [0, 0.05) is 25.0 Å². The van der Waals surface area contributed by atoms with Crippen molar-refractivity contribution in [3.8, 4) is 0 Å². The normalized spacial score (nSPS) is 13.1. The predicted molar refractivity (Wildman–Crippen MR) is 63.7 cm³/mol. The third-order valence-corrected chi connectivity index (χ3v) is 2.39. The Labute approximate surface area is 95.8 Å². The molecular weight excluding hydrogens is 265 g/mol. The average molecular weight is 275 g/mol. The molecule has 1 aromatic rings. The van der Waals surface area contributed by atoms with Crippen LogP contribution in [-0.4, -0.2) is 18.2 Å². The van der Waals surface area contributed by atoms with E-state index in [2.05, 4.69) is 25.9 Å². The fraction of sp³-hybridized carbons (Fsp3) is 0.111. The summed E-state index contributed by atoms with van der Waals surface area (Å²) in [6.07, 6.45) is 3.24. The number of hydrogen-bond donors (Lipinski definition) is 1. The summed E-state index contributed by atoms with van der Waals surface area (Å²) in [6.45, 7) is 0. The van der Waals surface area contributed by atoms with Crippen molar-refractivity contribution in [1.29, 1.82) is 0 Å². The molecule has 0 aliphatic rings. The Bertz CT molecular complexity index is 370. The van der Waals surface area contributed by atoms with Crippen LogP contribution >= 0.6 is 27.5 Å². The molecular formula is C9H9BrClN3. The summed E-state index contributed by atoms with van der Waals surface area (Å²) in [5, 5.41) is 0.446. The zero-order chi connectivity index (χ0) is 10.6. The highest BCUT2D eigenvalue weighted by Crippen LogP contribution is 2.17. The molecule has 0 fully saturated rings. The number of halogens is 2. The van der Waals surface area contributed by atoms with E-state index in [9.17, 15) is 0 Å². The Hall–Kier alpha value is -0.870. The standard InChI is InChI=1S/C9H9BrClN3/c1-13-5-7(10)9(12)6-2-3-8(11)14-4-6/h2-5H,12H2,1H3. The van der Waals surface area contributed by atoms with Crippen LogP contribution in [0.15, 0.2) is 27.8 Å². The number of nitrogens with zero attached hydrogens (tertiary/aromatic N) is 2. The Morgan fingerprint density at radius 2 is 2.36 bits per heavy atom. The van der Waals surface area contributed by atoms with E-state index in [1.165, 1.54) is 0 Å². The topological polar surface area (TPSA) is 51.3 Å². The second-order valence-electron chi connectivity index (χ2n) is 2.52. The van der Waals surface area contributed by atoms with Crippen molar-refractivity contribution in [2.45, 2.75) is 0 Å². The van der Waals surface area contributed by atoms with Crippen LogP contribution in [0.3, 0.4) is 0 Å². The molecule has 0 unspecified atom stereocenters. The van der Waals surface area contributed by atoms with Gasteiger partial charge in [-0.1, -0.05) is 11.6 Å². The highest BCUT2D eigenvalue weighted by molar-refractivity contribution is 9.12. The quantitative estimate of drug-likeness (QED) is 0.665. The van der Waals surface area contributed by atoms with Crippen LogP contribution in [0.1, 0.15) is 5.56 Å². The first-order valence-electron chi connectivity index (χ1n) is 3.84. The molecule has 0 aromatic carbocycles. The summed E-state index contributed by atoms with van der Waals surface area (Å²) in [4.78, 5) is 7.77. The molecule has 0 aliphatic carbocycles. The second kappa shape index (κ2) is 5.12. The van der Waals surface area contributed by atoms with E-state index < -0.39 is 0 Å². The minimum absolute atomic E-state index is 0.446.